The average molecular weight is 448 g/mol. The first-order valence-electron chi connectivity index (χ1n) is 9.62. The molecule has 166 valence electrons. The molecule has 0 saturated carbocycles. The Balaban J connectivity index is 1.94. The molecule has 0 spiro atoms. The van der Waals surface area contributed by atoms with Crippen molar-refractivity contribution in [2.24, 2.45) is 0 Å². The van der Waals surface area contributed by atoms with Crippen LogP contribution in [0.1, 0.15) is 22.2 Å². The molecule has 0 bridgehead atoms. The lowest BCUT2D eigenvalue weighted by Gasteiger charge is -2.14. The monoisotopic (exact) mass is 447 g/mol. The number of amides is 1. The molecule has 2 aromatic heterocycles. The molecule has 1 aromatic carbocycles. The van der Waals surface area contributed by atoms with E-state index in [9.17, 15) is 9.59 Å². The van der Waals surface area contributed by atoms with Crippen LogP contribution in [0.5, 0.6) is 17.2 Å². The zero-order valence-electron chi connectivity index (χ0n) is 18.1. The van der Waals surface area contributed by atoms with Crippen LogP contribution in [0.25, 0.3) is 10.2 Å². The van der Waals surface area contributed by atoms with Gasteiger partial charge in [0, 0.05) is 24.4 Å². The number of anilines is 1. The van der Waals surface area contributed by atoms with Crippen molar-refractivity contribution in [1.29, 1.82) is 0 Å². The van der Waals surface area contributed by atoms with Gasteiger partial charge in [-0.2, -0.15) is 0 Å². The summed E-state index contributed by atoms with van der Waals surface area (Å²) in [5.74, 6) is 0.918. The standard InChI is InChI=1S/C21H25N3O6S/c1-6-30-8-7-24-11-22-20-16(21(24)26)12(2)18(31-20)19(25)23-13-9-14(27-3)17(29-5)15(10-13)28-4/h9-11H,6-8H2,1-5H3,(H,23,25). The number of ether oxygens (including phenoxy) is 4. The van der Waals surface area contributed by atoms with Gasteiger partial charge in [-0.3, -0.25) is 14.2 Å². The Morgan fingerprint density at radius 2 is 1.84 bits per heavy atom. The minimum atomic E-state index is -0.352. The number of methoxy groups -OCH3 is 3. The lowest BCUT2D eigenvalue weighted by Crippen LogP contribution is -2.23. The van der Waals surface area contributed by atoms with Crippen LogP contribution in [0.2, 0.25) is 0 Å². The molecule has 1 amide bonds. The first-order chi connectivity index (χ1) is 14.9. The Hall–Kier alpha value is -3.11. The molecular weight excluding hydrogens is 422 g/mol. The van der Waals surface area contributed by atoms with Gasteiger partial charge in [-0.15, -0.1) is 11.3 Å². The predicted molar refractivity (Wildman–Crippen MR) is 119 cm³/mol. The average Bonchev–Trinajstić information content (AvgIpc) is 3.11. The molecule has 31 heavy (non-hydrogen) atoms. The highest BCUT2D eigenvalue weighted by Gasteiger charge is 2.21. The third-order valence-electron chi connectivity index (χ3n) is 4.73. The van der Waals surface area contributed by atoms with E-state index in [1.54, 1.807) is 19.1 Å². The summed E-state index contributed by atoms with van der Waals surface area (Å²) in [6.07, 6.45) is 1.49. The lowest BCUT2D eigenvalue weighted by atomic mass is 10.2. The van der Waals surface area contributed by atoms with Crippen LogP contribution in [0.4, 0.5) is 5.69 Å². The van der Waals surface area contributed by atoms with E-state index in [4.69, 9.17) is 18.9 Å². The van der Waals surface area contributed by atoms with Crippen molar-refractivity contribution >= 4 is 33.1 Å². The van der Waals surface area contributed by atoms with Crippen LogP contribution in [-0.2, 0) is 11.3 Å². The van der Waals surface area contributed by atoms with Gasteiger partial charge in [-0.1, -0.05) is 0 Å². The quantitative estimate of drug-likeness (QED) is 0.503. The molecule has 0 aliphatic heterocycles. The van der Waals surface area contributed by atoms with Crippen molar-refractivity contribution in [2.45, 2.75) is 20.4 Å². The van der Waals surface area contributed by atoms with Gasteiger partial charge < -0.3 is 24.3 Å². The molecule has 0 atom stereocenters. The van der Waals surface area contributed by atoms with Gasteiger partial charge >= 0.3 is 0 Å². The Morgan fingerprint density at radius 1 is 1.16 bits per heavy atom. The number of benzene rings is 1. The van der Waals surface area contributed by atoms with Crippen molar-refractivity contribution in [1.82, 2.24) is 9.55 Å². The number of aromatic nitrogens is 2. The van der Waals surface area contributed by atoms with Crippen LogP contribution in [-0.4, -0.2) is 50.0 Å². The van der Waals surface area contributed by atoms with Crippen LogP contribution in [0.3, 0.4) is 0 Å². The largest absolute Gasteiger partial charge is 0.493 e. The lowest BCUT2D eigenvalue weighted by molar-refractivity contribution is 0.103. The summed E-state index contributed by atoms with van der Waals surface area (Å²) in [7, 11) is 4.51. The fourth-order valence-electron chi connectivity index (χ4n) is 3.18. The minimum Gasteiger partial charge on any atom is -0.493 e. The zero-order chi connectivity index (χ0) is 22.5. The molecule has 0 aliphatic rings. The van der Waals surface area contributed by atoms with Crippen LogP contribution in [0.15, 0.2) is 23.3 Å². The van der Waals surface area contributed by atoms with Crippen molar-refractivity contribution in [3.05, 3.63) is 39.3 Å². The first kappa shape index (κ1) is 22.6. The summed E-state index contributed by atoms with van der Waals surface area (Å²) in [4.78, 5) is 31.2. The normalized spacial score (nSPS) is 10.9. The Kier molecular flexibility index (Phi) is 7.13. The topological polar surface area (TPSA) is 101 Å². The maximum Gasteiger partial charge on any atom is 0.266 e. The molecular formula is C21H25N3O6S. The van der Waals surface area contributed by atoms with Gasteiger partial charge in [-0.25, -0.2) is 4.98 Å². The van der Waals surface area contributed by atoms with Gasteiger partial charge in [0.05, 0.1) is 51.1 Å². The van der Waals surface area contributed by atoms with Crippen molar-refractivity contribution in [2.75, 3.05) is 39.9 Å². The molecule has 3 rings (SSSR count). The van der Waals surface area contributed by atoms with E-state index in [-0.39, 0.29) is 11.5 Å². The number of nitrogens with zero attached hydrogens (tertiary/aromatic N) is 2. The highest BCUT2D eigenvalue weighted by Crippen LogP contribution is 2.40. The van der Waals surface area contributed by atoms with Gasteiger partial charge in [-0.05, 0) is 19.4 Å². The summed E-state index contributed by atoms with van der Waals surface area (Å²) < 4.78 is 22.8. The smallest absolute Gasteiger partial charge is 0.266 e. The van der Waals surface area contributed by atoms with E-state index in [0.29, 0.717) is 63.4 Å². The molecule has 0 fully saturated rings. The van der Waals surface area contributed by atoms with E-state index >= 15 is 0 Å². The number of carbonyl (C=O) groups is 1. The molecule has 9 nitrogen and oxygen atoms in total. The number of fused-ring (bicyclic) bond motifs is 1. The van der Waals surface area contributed by atoms with Crippen LogP contribution in [0, 0.1) is 6.92 Å². The fraction of sp³-hybridized carbons (Fsp3) is 0.381. The van der Waals surface area contributed by atoms with E-state index in [1.165, 1.54) is 43.6 Å². The molecule has 0 unspecified atom stereocenters. The van der Waals surface area contributed by atoms with Crippen molar-refractivity contribution in [3.63, 3.8) is 0 Å². The predicted octanol–water partition coefficient (Wildman–Crippen LogP) is 3.08. The third kappa shape index (κ3) is 4.49. The maximum absolute atomic E-state index is 13.0. The highest BCUT2D eigenvalue weighted by atomic mass is 32.1. The second-order valence-corrected chi connectivity index (χ2v) is 7.54. The number of rotatable bonds is 9. The fourth-order valence-corrected chi connectivity index (χ4v) is 4.22. The number of hydrogen-bond acceptors (Lipinski definition) is 8. The summed E-state index contributed by atoms with van der Waals surface area (Å²) in [5, 5.41) is 3.28. The third-order valence-corrected chi connectivity index (χ3v) is 5.93. The van der Waals surface area contributed by atoms with Gasteiger partial charge in [0.2, 0.25) is 5.75 Å². The maximum atomic E-state index is 13.0. The van der Waals surface area contributed by atoms with Crippen molar-refractivity contribution in [3.8, 4) is 17.2 Å². The van der Waals surface area contributed by atoms with E-state index in [0.717, 1.165) is 0 Å². The number of hydrogen-bond donors (Lipinski definition) is 1. The second-order valence-electron chi connectivity index (χ2n) is 6.54. The molecule has 0 saturated heterocycles. The molecule has 3 aromatic rings. The Bertz CT molecular complexity index is 1130. The zero-order valence-corrected chi connectivity index (χ0v) is 18.9. The van der Waals surface area contributed by atoms with E-state index in [1.807, 2.05) is 6.92 Å². The molecule has 1 N–H and O–H groups in total. The van der Waals surface area contributed by atoms with Crippen LogP contribution < -0.4 is 25.1 Å². The summed E-state index contributed by atoms with van der Waals surface area (Å²) in [6, 6.07) is 3.28. The second kappa shape index (κ2) is 9.80. The van der Waals surface area contributed by atoms with Crippen molar-refractivity contribution < 1.29 is 23.7 Å². The molecule has 10 heteroatoms. The van der Waals surface area contributed by atoms with E-state index in [2.05, 4.69) is 10.3 Å². The Labute approximate surface area is 183 Å². The van der Waals surface area contributed by atoms with E-state index < -0.39 is 0 Å². The SMILES string of the molecule is CCOCCn1cnc2sc(C(=O)Nc3cc(OC)c(OC)c(OC)c3)c(C)c2c1=O. The van der Waals surface area contributed by atoms with Gasteiger partial charge in [0.1, 0.15) is 4.83 Å². The highest BCUT2D eigenvalue weighted by molar-refractivity contribution is 7.20. The van der Waals surface area contributed by atoms with Gasteiger partial charge in [0.15, 0.2) is 11.5 Å². The summed E-state index contributed by atoms with van der Waals surface area (Å²) in [5.41, 5.74) is 0.872. The molecule has 0 aliphatic carbocycles. The number of nitrogens with one attached hydrogen (secondary N) is 1. The molecule has 2 heterocycles. The number of aryl methyl sites for hydroxylation is 1. The number of thiophene rings is 1. The Morgan fingerprint density at radius 3 is 2.42 bits per heavy atom. The summed E-state index contributed by atoms with van der Waals surface area (Å²) in [6.45, 7) is 5.04. The van der Waals surface area contributed by atoms with Gasteiger partial charge in [0.25, 0.3) is 11.5 Å². The molecule has 0 radical (unpaired) electrons. The summed E-state index contributed by atoms with van der Waals surface area (Å²) >= 11 is 1.18. The first-order valence-corrected chi connectivity index (χ1v) is 10.4. The minimum absolute atomic E-state index is 0.190. The van der Waals surface area contributed by atoms with Crippen LogP contribution >= 0.6 is 11.3 Å². The number of carbonyl (C=O) groups excluding carboxylic acids is 1.